The van der Waals surface area contributed by atoms with E-state index in [0.29, 0.717) is 29.9 Å². The third kappa shape index (κ3) is 3.19. The lowest BCUT2D eigenvalue weighted by Crippen LogP contribution is -2.25. The SMILES string of the molecule is Cc1oc(-c2ccccc2)nc1CCNC(=O)c1ccc2n[nH]nc2c1. The molecule has 0 radical (unpaired) electrons. The molecule has 0 saturated heterocycles. The Morgan fingerprint density at radius 1 is 1.12 bits per heavy atom. The highest BCUT2D eigenvalue weighted by molar-refractivity contribution is 5.97. The summed E-state index contributed by atoms with van der Waals surface area (Å²) in [4.78, 5) is 16.8. The third-order valence-corrected chi connectivity index (χ3v) is 4.14. The number of aryl methyl sites for hydroxylation is 1. The van der Waals surface area contributed by atoms with Crippen molar-refractivity contribution in [2.45, 2.75) is 13.3 Å². The molecule has 2 N–H and O–H groups in total. The molecule has 0 aliphatic rings. The van der Waals surface area contributed by atoms with Gasteiger partial charge in [-0.3, -0.25) is 4.79 Å². The van der Waals surface area contributed by atoms with Gasteiger partial charge in [0.1, 0.15) is 16.8 Å². The monoisotopic (exact) mass is 347 g/mol. The number of carbonyl (C=O) groups excluding carboxylic acids is 1. The van der Waals surface area contributed by atoms with Crippen molar-refractivity contribution in [2.24, 2.45) is 0 Å². The Labute approximate surface area is 149 Å². The minimum absolute atomic E-state index is 0.153. The number of nitrogens with zero attached hydrogens (tertiary/aromatic N) is 3. The van der Waals surface area contributed by atoms with Crippen molar-refractivity contribution >= 4 is 16.9 Å². The molecule has 0 unspecified atom stereocenters. The van der Waals surface area contributed by atoms with Gasteiger partial charge in [-0.25, -0.2) is 4.98 Å². The van der Waals surface area contributed by atoms with Gasteiger partial charge in [0.05, 0.1) is 5.69 Å². The van der Waals surface area contributed by atoms with E-state index in [2.05, 4.69) is 25.7 Å². The molecule has 0 atom stereocenters. The van der Waals surface area contributed by atoms with Crippen molar-refractivity contribution in [3.8, 4) is 11.5 Å². The average Bonchev–Trinajstić information content (AvgIpc) is 3.28. The van der Waals surface area contributed by atoms with Crippen LogP contribution in [0.5, 0.6) is 0 Å². The zero-order valence-electron chi connectivity index (χ0n) is 14.2. The fourth-order valence-electron chi connectivity index (χ4n) is 2.74. The van der Waals surface area contributed by atoms with Crippen molar-refractivity contribution < 1.29 is 9.21 Å². The van der Waals surface area contributed by atoms with Crippen LogP contribution < -0.4 is 5.32 Å². The predicted molar refractivity (Wildman–Crippen MR) is 96.6 cm³/mol. The predicted octanol–water partition coefficient (Wildman–Crippen LogP) is 2.89. The van der Waals surface area contributed by atoms with E-state index in [4.69, 9.17) is 4.42 Å². The highest BCUT2D eigenvalue weighted by atomic mass is 16.4. The number of aromatic amines is 1. The quantitative estimate of drug-likeness (QED) is 0.578. The Bertz CT molecular complexity index is 1050. The highest BCUT2D eigenvalue weighted by Crippen LogP contribution is 2.21. The molecule has 0 aliphatic heterocycles. The van der Waals surface area contributed by atoms with Gasteiger partial charge >= 0.3 is 0 Å². The second-order valence-electron chi connectivity index (χ2n) is 5.92. The summed E-state index contributed by atoms with van der Waals surface area (Å²) in [7, 11) is 0. The first-order valence-corrected chi connectivity index (χ1v) is 8.31. The van der Waals surface area contributed by atoms with Crippen LogP contribution in [0.2, 0.25) is 0 Å². The van der Waals surface area contributed by atoms with E-state index in [1.807, 2.05) is 37.3 Å². The molecule has 0 saturated carbocycles. The molecule has 0 bridgehead atoms. The van der Waals surface area contributed by atoms with Crippen molar-refractivity contribution in [1.29, 1.82) is 0 Å². The first-order chi connectivity index (χ1) is 12.7. The molecule has 2 heterocycles. The van der Waals surface area contributed by atoms with Crippen LogP contribution in [0.15, 0.2) is 52.9 Å². The Morgan fingerprint density at radius 2 is 1.92 bits per heavy atom. The van der Waals surface area contributed by atoms with Crippen molar-refractivity contribution in [1.82, 2.24) is 25.7 Å². The number of oxazole rings is 1. The zero-order chi connectivity index (χ0) is 17.9. The second-order valence-corrected chi connectivity index (χ2v) is 5.92. The maximum absolute atomic E-state index is 12.3. The second kappa shape index (κ2) is 6.79. The minimum atomic E-state index is -0.153. The lowest BCUT2D eigenvalue weighted by Gasteiger charge is -2.04. The summed E-state index contributed by atoms with van der Waals surface area (Å²) in [5.74, 6) is 1.21. The van der Waals surface area contributed by atoms with Gasteiger partial charge in [0, 0.05) is 24.1 Å². The molecule has 130 valence electrons. The zero-order valence-corrected chi connectivity index (χ0v) is 14.2. The van der Waals surface area contributed by atoms with Gasteiger partial charge in [0.15, 0.2) is 0 Å². The van der Waals surface area contributed by atoms with E-state index < -0.39 is 0 Å². The van der Waals surface area contributed by atoms with Crippen LogP contribution in [-0.4, -0.2) is 32.8 Å². The molecular formula is C19H17N5O2. The number of hydrogen-bond acceptors (Lipinski definition) is 5. The molecule has 7 heteroatoms. The topological polar surface area (TPSA) is 96.7 Å². The van der Waals surface area contributed by atoms with Crippen LogP contribution >= 0.6 is 0 Å². The van der Waals surface area contributed by atoms with Crippen LogP contribution in [0.1, 0.15) is 21.8 Å². The summed E-state index contributed by atoms with van der Waals surface area (Å²) < 4.78 is 5.74. The molecule has 4 aromatic rings. The Morgan fingerprint density at radius 3 is 2.77 bits per heavy atom. The van der Waals surface area contributed by atoms with Crippen LogP contribution in [0.25, 0.3) is 22.5 Å². The van der Waals surface area contributed by atoms with Crippen molar-refractivity contribution in [3.63, 3.8) is 0 Å². The van der Waals surface area contributed by atoms with Crippen molar-refractivity contribution in [2.75, 3.05) is 6.54 Å². The number of aromatic nitrogens is 4. The smallest absolute Gasteiger partial charge is 0.251 e. The normalized spacial score (nSPS) is 11.0. The lowest BCUT2D eigenvalue weighted by atomic mass is 10.2. The number of carbonyl (C=O) groups is 1. The molecule has 0 spiro atoms. The number of nitrogens with one attached hydrogen (secondary N) is 2. The van der Waals surface area contributed by atoms with Gasteiger partial charge in [0.2, 0.25) is 5.89 Å². The van der Waals surface area contributed by atoms with Gasteiger partial charge < -0.3 is 9.73 Å². The Balaban J connectivity index is 1.40. The first-order valence-electron chi connectivity index (χ1n) is 8.31. The molecule has 2 aromatic carbocycles. The molecule has 0 fully saturated rings. The van der Waals surface area contributed by atoms with E-state index in [1.54, 1.807) is 18.2 Å². The summed E-state index contributed by atoms with van der Waals surface area (Å²) in [6, 6.07) is 15.0. The van der Waals surface area contributed by atoms with Crippen LogP contribution in [0, 0.1) is 6.92 Å². The van der Waals surface area contributed by atoms with Crippen LogP contribution in [0.3, 0.4) is 0 Å². The van der Waals surface area contributed by atoms with Gasteiger partial charge in [-0.05, 0) is 37.3 Å². The molecule has 1 amide bonds. The molecule has 7 nitrogen and oxygen atoms in total. The summed E-state index contributed by atoms with van der Waals surface area (Å²) in [6.45, 7) is 2.35. The van der Waals surface area contributed by atoms with E-state index in [9.17, 15) is 4.79 Å². The van der Waals surface area contributed by atoms with Gasteiger partial charge in [-0.2, -0.15) is 15.4 Å². The van der Waals surface area contributed by atoms with Gasteiger partial charge in [-0.1, -0.05) is 18.2 Å². The standard InChI is InChI=1S/C19H17N5O2/c1-12-15(21-19(26-12)13-5-3-2-4-6-13)9-10-20-18(25)14-7-8-16-17(11-14)23-24-22-16/h2-8,11H,9-10H2,1H3,(H,20,25)(H,22,23,24). The molecule has 26 heavy (non-hydrogen) atoms. The summed E-state index contributed by atoms with van der Waals surface area (Å²) in [5.41, 5.74) is 3.72. The number of fused-ring (bicyclic) bond motifs is 1. The van der Waals surface area contributed by atoms with E-state index in [0.717, 1.165) is 22.5 Å². The summed E-state index contributed by atoms with van der Waals surface area (Å²) in [6.07, 6.45) is 0.597. The number of rotatable bonds is 5. The number of hydrogen-bond donors (Lipinski definition) is 2. The molecule has 4 rings (SSSR count). The summed E-state index contributed by atoms with van der Waals surface area (Å²) >= 11 is 0. The first kappa shape index (κ1) is 16.0. The van der Waals surface area contributed by atoms with Gasteiger partial charge in [-0.15, -0.1) is 0 Å². The van der Waals surface area contributed by atoms with Crippen LogP contribution in [0.4, 0.5) is 0 Å². The lowest BCUT2D eigenvalue weighted by molar-refractivity contribution is 0.0954. The van der Waals surface area contributed by atoms with Crippen LogP contribution in [-0.2, 0) is 6.42 Å². The van der Waals surface area contributed by atoms with E-state index in [1.165, 1.54) is 0 Å². The maximum Gasteiger partial charge on any atom is 0.251 e. The largest absolute Gasteiger partial charge is 0.441 e. The average molecular weight is 347 g/mol. The fraction of sp³-hybridized carbons (Fsp3) is 0.158. The maximum atomic E-state index is 12.3. The fourth-order valence-corrected chi connectivity index (χ4v) is 2.74. The summed E-state index contributed by atoms with van der Waals surface area (Å²) in [5, 5.41) is 13.4. The Hall–Kier alpha value is -3.48. The van der Waals surface area contributed by atoms with E-state index in [-0.39, 0.29) is 5.91 Å². The molecule has 0 aliphatic carbocycles. The molecular weight excluding hydrogens is 330 g/mol. The number of amides is 1. The number of benzene rings is 2. The highest BCUT2D eigenvalue weighted by Gasteiger charge is 2.12. The third-order valence-electron chi connectivity index (χ3n) is 4.14. The minimum Gasteiger partial charge on any atom is -0.441 e. The van der Waals surface area contributed by atoms with Crippen molar-refractivity contribution in [3.05, 3.63) is 65.5 Å². The van der Waals surface area contributed by atoms with E-state index >= 15 is 0 Å². The van der Waals surface area contributed by atoms with Gasteiger partial charge in [0.25, 0.3) is 5.91 Å². The number of H-pyrrole nitrogens is 1. The molecule has 2 aromatic heterocycles. The Kier molecular flexibility index (Phi) is 4.18.